The molecule has 0 aliphatic heterocycles. The highest BCUT2D eigenvalue weighted by atomic mass is 16.5. The molecule has 0 atom stereocenters. The molecule has 3 rings (SSSR count). The monoisotopic (exact) mass is 451 g/mol. The highest BCUT2D eigenvalue weighted by Gasteiger charge is 2.11. The van der Waals surface area contributed by atoms with E-state index in [4.69, 9.17) is 14.2 Å². The Labute approximate surface area is 190 Å². The number of amides is 1. The second kappa shape index (κ2) is 10.9. The van der Waals surface area contributed by atoms with Gasteiger partial charge in [-0.2, -0.15) is 5.10 Å². The van der Waals surface area contributed by atoms with Crippen molar-refractivity contribution < 1.29 is 23.8 Å². The van der Waals surface area contributed by atoms with Crippen LogP contribution in [0.5, 0.6) is 17.2 Å². The van der Waals surface area contributed by atoms with Gasteiger partial charge in [-0.3, -0.25) is 14.4 Å². The molecule has 0 aliphatic carbocycles. The van der Waals surface area contributed by atoms with Gasteiger partial charge in [0, 0.05) is 23.7 Å². The molecule has 9 nitrogen and oxygen atoms in total. The Morgan fingerprint density at radius 2 is 1.82 bits per heavy atom. The lowest BCUT2D eigenvalue weighted by molar-refractivity contribution is -0.123. The van der Waals surface area contributed by atoms with E-state index in [1.165, 1.54) is 24.8 Å². The van der Waals surface area contributed by atoms with Gasteiger partial charge in [0.1, 0.15) is 5.75 Å². The Bertz CT molecular complexity index is 1200. The Morgan fingerprint density at radius 3 is 2.55 bits per heavy atom. The summed E-state index contributed by atoms with van der Waals surface area (Å²) in [5.41, 5.74) is 1.63. The topological polar surface area (TPSA) is 109 Å². The first kappa shape index (κ1) is 23.5. The average molecular weight is 451 g/mol. The number of carbonyl (C=O) groups is 2. The number of nitrogens with one attached hydrogen (secondary N) is 1. The first-order chi connectivity index (χ1) is 15.9. The standard InChI is InChI=1S/C24H25N3O6/c1-16(28)17-7-9-21(22(14-17)32-3)33-15-23(29)25-11-12-27-24(30)10-8-20(26-27)18-5-4-6-19(13-18)31-2/h4-10,13-14H,11-12,15H2,1-3H3,(H,25,29). The van der Waals surface area contributed by atoms with Crippen LogP contribution in [0.4, 0.5) is 0 Å². The fourth-order valence-electron chi connectivity index (χ4n) is 3.05. The first-order valence-electron chi connectivity index (χ1n) is 10.2. The molecule has 0 saturated heterocycles. The number of rotatable bonds is 10. The van der Waals surface area contributed by atoms with Crippen LogP contribution in [0.2, 0.25) is 0 Å². The molecule has 0 saturated carbocycles. The van der Waals surface area contributed by atoms with E-state index in [1.54, 1.807) is 31.4 Å². The van der Waals surface area contributed by atoms with Crippen LogP contribution >= 0.6 is 0 Å². The van der Waals surface area contributed by atoms with Gasteiger partial charge < -0.3 is 19.5 Å². The molecule has 0 fully saturated rings. The molecule has 1 N–H and O–H groups in total. The van der Waals surface area contributed by atoms with E-state index in [0.717, 1.165) is 5.56 Å². The van der Waals surface area contributed by atoms with Crippen molar-refractivity contribution in [3.8, 4) is 28.5 Å². The highest BCUT2D eigenvalue weighted by Crippen LogP contribution is 2.28. The number of Topliss-reactive ketones (excluding diaryl/α,β-unsaturated/α-hetero) is 1. The van der Waals surface area contributed by atoms with E-state index in [0.29, 0.717) is 28.5 Å². The van der Waals surface area contributed by atoms with E-state index in [1.807, 2.05) is 24.3 Å². The summed E-state index contributed by atoms with van der Waals surface area (Å²) in [5, 5.41) is 7.07. The van der Waals surface area contributed by atoms with Gasteiger partial charge >= 0.3 is 0 Å². The molecule has 1 aromatic heterocycles. The fraction of sp³-hybridized carbons (Fsp3) is 0.250. The summed E-state index contributed by atoms with van der Waals surface area (Å²) in [4.78, 5) is 35.8. The average Bonchev–Trinajstić information content (AvgIpc) is 2.83. The smallest absolute Gasteiger partial charge is 0.266 e. The van der Waals surface area contributed by atoms with E-state index < -0.39 is 0 Å². The van der Waals surface area contributed by atoms with Crippen LogP contribution in [0.15, 0.2) is 59.4 Å². The summed E-state index contributed by atoms with van der Waals surface area (Å²) in [6.45, 7) is 1.59. The third-order valence-corrected chi connectivity index (χ3v) is 4.81. The molecule has 2 aromatic carbocycles. The van der Waals surface area contributed by atoms with Gasteiger partial charge in [0.05, 0.1) is 26.5 Å². The number of carbonyl (C=O) groups excluding carboxylic acids is 2. The van der Waals surface area contributed by atoms with Gasteiger partial charge in [0.15, 0.2) is 23.9 Å². The summed E-state index contributed by atoms with van der Waals surface area (Å²) >= 11 is 0. The van der Waals surface area contributed by atoms with E-state index in [-0.39, 0.29) is 36.9 Å². The minimum atomic E-state index is -0.371. The van der Waals surface area contributed by atoms with Crippen LogP contribution in [0, 0.1) is 0 Å². The zero-order valence-corrected chi connectivity index (χ0v) is 18.7. The largest absolute Gasteiger partial charge is 0.497 e. The summed E-state index contributed by atoms with van der Waals surface area (Å²) in [7, 11) is 3.04. The van der Waals surface area contributed by atoms with Gasteiger partial charge in [0.2, 0.25) is 0 Å². The minimum Gasteiger partial charge on any atom is -0.497 e. The lowest BCUT2D eigenvalue weighted by Gasteiger charge is -2.12. The maximum atomic E-state index is 12.2. The number of ether oxygens (including phenoxy) is 3. The quantitative estimate of drug-likeness (QED) is 0.471. The van der Waals surface area contributed by atoms with Crippen molar-refractivity contribution in [2.45, 2.75) is 13.5 Å². The van der Waals surface area contributed by atoms with Crippen LogP contribution in [-0.4, -0.2) is 48.8 Å². The van der Waals surface area contributed by atoms with Gasteiger partial charge in [-0.25, -0.2) is 4.68 Å². The normalized spacial score (nSPS) is 10.4. The van der Waals surface area contributed by atoms with Crippen molar-refractivity contribution in [3.05, 3.63) is 70.5 Å². The predicted molar refractivity (Wildman–Crippen MR) is 122 cm³/mol. The van der Waals surface area contributed by atoms with E-state index >= 15 is 0 Å². The maximum Gasteiger partial charge on any atom is 0.266 e. The molecule has 0 radical (unpaired) electrons. The zero-order chi connectivity index (χ0) is 23.8. The van der Waals surface area contributed by atoms with Crippen molar-refractivity contribution in [1.29, 1.82) is 0 Å². The summed E-state index contributed by atoms with van der Waals surface area (Å²) in [5.74, 6) is 0.927. The molecule has 9 heteroatoms. The summed E-state index contributed by atoms with van der Waals surface area (Å²) < 4.78 is 17.2. The molecule has 0 bridgehead atoms. The molecular formula is C24H25N3O6. The van der Waals surface area contributed by atoms with Crippen LogP contribution in [0.3, 0.4) is 0 Å². The van der Waals surface area contributed by atoms with Gasteiger partial charge in [-0.05, 0) is 43.3 Å². The number of benzene rings is 2. The Kier molecular flexibility index (Phi) is 7.80. The van der Waals surface area contributed by atoms with E-state index in [2.05, 4.69) is 10.4 Å². The van der Waals surface area contributed by atoms with Crippen molar-refractivity contribution >= 4 is 11.7 Å². The molecule has 1 heterocycles. The van der Waals surface area contributed by atoms with E-state index in [9.17, 15) is 14.4 Å². The molecule has 33 heavy (non-hydrogen) atoms. The van der Waals surface area contributed by atoms with Gasteiger partial charge in [0.25, 0.3) is 11.5 Å². The van der Waals surface area contributed by atoms with Crippen LogP contribution in [-0.2, 0) is 11.3 Å². The van der Waals surface area contributed by atoms with Gasteiger partial charge in [-0.15, -0.1) is 0 Å². The maximum absolute atomic E-state index is 12.2. The number of methoxy groups -OCH3 is 2. The Balaban J connectivity index is 1.56. The van der Waals surface area contributed by atoms with Crippen molar-refractivity contribution in [2.24, 2.45) is 0 Å². The Hall–Kier alpha value is -4.14. The third kappa shape index (κ3) is 6.19. The predicted octanol–water partition coefficient (Wildman–Crippen LogP) is 2.33. The van der Waals surface area contributed by atoms with Crippen LogP contribution in [0.25, 0.3) is 11.3 Å². The van der Waals surface area contributed by atoms with Crippen LogP contribution in [0.1, 0.15) is 17.3 Å². The Morgan fingerprint density at radius 1 is 1.00 bits per heavy atom. The van der Waals surface area contributed by atoms with Crippen molar-refractivity contribution in [2.75, 3.05) is 27.4 Å². The van der Waals surface area contributed by atoms with Crippen molar-refractivity contribution in [3.63, 3.8) is 0 Å². The second-order valence-electron chi connectivity index (χ2n) is 7.07. The van der Waals surface area contributed by atoms with Gasteiger partial charge in [-0.1, -0.05) is 12.1 Å². The number of nitrogens with zero attached hydrogens (tertiary/aromatic N) is 2. The second-order valence-corrected chi connectivity index (χ2v) is 7.07. The number of hydrogen-bond donors (Lipinski definition) is 1. The molecule has 1 amide bonds. The number of ketones is 1. The molecule has 0 aliphatic rings. The summed E-state index contributed by atoms with van der Waals surface area (Å²) in [6, 6.07) is 15.2. The fourth-order valence-corrected chi connectivity index (χ4v) is 3.05. The number of hydrogen-bond acceptors (Lipinski definition) is 7. The highest BCUT2D eigenvalue weighted by molar-refractivity contribution is 5.94. The SMILES string of the molecule is COc1cccc(-c2ccc(=O)n(CCNC(=O)COc3ccc(C(C)=O)cc3OC)n2)c1. The van der Waals surface area contributed by atoms with Crippen molar-refractivity contribution in [1.82, 2.24) is 15.1 Å². The summed E-state index contributed by atoms with van der Waals surface area (Å²) in [6.07, 6.45) is 0. The molecular weight excluding hydrogens is 426 g/mol. The lowest BCUT2D eigenvalue weighted by atomic mass is 10.1. The third-order valence-electron chi connectivity index (χ3n) is 4.81. The minimum absolute atomic E-state index is 0.100. The first-order valence-corrected chi connectivity index (χ1v) is 10.2. The molecule has 0 unspecified atom stereocenters. The number of aromatic nitrogens is 2. The lowest BCUT2D eigenvalue weighted by Crippen LogP contribution is -2.34. The zero-order valence-electron chi connectivity index (χ0n) is 18.7. The molecule has 3 aromatic rings. The molecule has 172 valence electrons. The van der Waals surface area contributed by atoms with Crippen LogP contribution < -0.4 is 25.1 Å². The molecule has 0 spiro atoms.